The molecule has 0 saturated carbocycles. The van der Waals surface area contributed by atoms with Crippen LogP contribution in [0.2, 0.25) is 0 Å². The molecule has 0 amide bonds. The quantitative estimate of drug-likeness (QED) is 0.421. The van der Waals surface area contributed by atoms with Crippen molar-refractivity contribution in [2.75, 3.05) is 52.3 Å². The van der Waals surface area contributed by atoms with Crippen LogP contribution in [-0.4, -0.2) is 63.2 Å². The van der Waals surface area contributed by atoms with Crippen LogP contribution in [0, 0.1) is 5.92 Å². The maximum Gasteiger partial charge on any atom is 0.191 e. The van der Waals surface area contributed by atoms with Crippen LogP contribution in [0.15, 0.2) is 29.3 Å². The molecule has 0 unspecified atom stereocenters. The van der Waals surface area contributed by atoms with E-state index >= 15 is 0 Å². The number of benzene rings is 1. The fourth-order valence-corrected chi connectivity index (χ4v) is 3.38. The molecule has 1 saturated heterocycles. The molecule has 1 aliphatic rings. The van der Waals surface area contributed by atoms with Crippen molar-refractivity contribution in [3.05, 3.63) is 29.8 Å². The van der Waals surface area contributed by atoms with Gasteiger partial charge in [-0.3, -0.25) is 9.89 Å². The van der Waals surface area contributed by atoms with E-state index in [4.69, 9.17) is 4.74 Å². The van der Waals surface area contributed by atoms with Gasteiger partial charge in [-0.15, -0.1) is 0 Å². The van der Waals surface area contributed by atoms with Crippen molar-refractivity contribution in [1.29, 1.82) is 0 Å². The highest BCUT2D eigenvalue weighted by molar-refractivity contribution is 7.98. The number of hydrogen-bond acceptors (Lipinski definition) is 4. The van der Waals surface area contributed by atoms with Gasteiger partial charge >= 0.3 is 0 Å². The standard InChI is InChI=1S/C19H32N4OS/c1-20-19(21-10-13-25-3)22-14-16-8-11-23(12-9-16)15-17-4-6-18(24-2)7-5-17/h4-7,16H,8-15H2,1-3H3,(H2,20,21,22). The first kappa shape index (κ1) is 19.9. The van der Waals surface area contributed by atoms with E-state index in [1.807, 2.05) is 30.9 Å². The summed E-state index contributed by atoms with van der Waals surface area (Å²) in [6, 6.07) is 8.41. The predicted molar refractivity (Wildman–Crippen MR) is 109 cm³/mol. The first-order valence-electron chi connectivity index (χ1n) is 9.04. The number of nitrogens with one attached hydrogen (secondary N) is 2. The highest BCUT2D eigenvalue weighted by atomic mass is 32.2. The van der Waals surface area contributed by atoms with Gasteiger partial charge in [-0.1, -0.05) is 12.1 Å². The third-order valence-electron chi connectivity index (χ3n) is 4.65. The van der Waals surface area contributed by atoms with Gasteiger partial charge in [0.05, 0.1) is 7.11 Å². The molecular weight excluding hydrogens is 332 g/mol. The molecule has 2 rings (SSSR count). The predicted octanol–water partition coefficient (Wildman–Crippen LogP) is 2.44. The van der Waals surface area contributed by atoms with E-state index in [2.05, 4.69) is 38.9 Å². The Morgan fingerprint density at radius 1 is 1.24 bits per heavy atom. The Bertz CT molecular complexity index is 513. The summed E-state index contributed by atoms with van der Waals surface area (Å²) in [5.74, 6) is 3.68. The van der Waals surface area contributed by atoms with Gasteiger partial charge in [0.2, 0.25) is 0 Å². The number of thioether (sulfide) groups is 1. The highest BCUT2D eigenvalue weighted by Gasteiger charge is 2.19. The zero-order valence-electron chi connectivity index (χ0n) is 15.8. The molecule has 0 atom stereocenters. The summed E-state index contributed by atoms with van der Waals surface area (Å²) in [6.45, 7) is 5.33. The number of piperidine rings is 1. The summed E-state index contributed by atoms with van der Waals surface area (Å²) in [6.07, 6.45) is 4.60. The van der Waals surface area contributed by atoms with Crippen LogP contribution in [-0.2, 0) is 6.54 Å². The Balaban J connectivity index is 1.66. The lowest BCUT2D eigenvalue weighted by atomic mass is 9.96. The lowest BCUT2D eigenvalue weighted by molar-refractivity contribution is 0.178. The Morgan fingerprint density at radius 3 is 2.56 bits per heavy atom. The molecule has 6 heteroatoms. The largest absolute Gasteiger partial charge is 0.497 e. The minimum Gasteiger partial charge on any atom is -0.497 e. The lowest BCUT2D eigenvalue weighted by Crippen LogP contribution is -2.43. The molecule has 1 aromatic rings. The maximum atomic E-state index is 5.22. The number of ether oxygens (including phenoxy) is 1. The van der Waals surface area contributed by atoms with Gasteiger partial charge in [0.1, 0.15) is 5.75 Å². The van der Waals surface area contributed by atoms with E-state index in [0.717, 1.165) is 56.1 Å². The van der Waals surface area contributed by atoms with Crippen molar-refractivity contribution in [2.45, 2.75) is 19.4 Å². The lowest BCUT2D eigenvalue weighted by Gasteiger charge is -2.32. The first-order valence-corrected chi connectivity index (χ1v) is 10.4. The average molecular weight is 365 g/mol. The van der Waals surface area contributed by atoms with Crippen molar-refractivity contribution >= 4 is 17.7 Å². The van der Waals surface area contributed by atoms with E-state index in [9.17, 15) is 0 Å². The monoisotopic (exact) mass is 364 g/mol. The first-order chi connectivity index (χ1) is 12.2. The zero-order chi connectivity index (χ0) is 17.9. The minimum absolute atomic E-state index is 0.728. The van der Waals surface area contributed by atoms with Crippen molar-refractivity contribution in [3.8, 4) is 5.75 Å². The average Bonchev–Trinajstić information content (AvgIpc) is 2.66. The molecule has 0 aliphatic carbocycles. The second-order valence-electron chi connectivity index (χ2n) is 6.44. The normalized spacial score (nSPS) is 16.7. The molecule has 1 heterocycles. The second kappa shape index (κ2) is 11.3. The van der Waals surface area contributed by atoms with Crippen LogP contribution in [0.3, 0.4) is 0 Å². The van der Waals surface area contributed by atoms with E-state index in [-0.39, 0.29) is 0 Å². The molecule has 5 nitrogen and oxygen atoms in total. The van der Waals surface area contributed by atoms with Gasteiger partial charge in [0.15, 0.2) is 5.96 Å². The molecule has 1 aliphatic heterocycles. The van der Waals surface area contributed by atoms with Crippen molar-refractivity contribution in [1.82, 2.24) is 15.5 Å². The number of hydrogen-bond donors (Lipinski definition) is 2. The van der Waals surface area contributed by atoms with Gasteiger partial charge in [-0.2, -0.15) is 11.8 Å². The Labute approximate surface area is 156 Å². The molecule has 1 aromatic carbocycles. The van der Waals surface area contributed by atoms with Crippen LogP contribution >= 0.6 is 11.8 Å². The SMILES string of the molecule is CN=C(NCCSC)NCC1CCN(Cc2ccc(OC)cc2)CC1. The minimum atomic E-state index is 0.728. The summed E-state index contributed by atoms with van der Waals surface area (Å²) in [5, 5.41) is 6.83. The van der Waals surface area contributed by atoms with Crippen molar-refractivity contribution in [3.63, 3.8) is 0 Å². The van der Waals surface area contributed by atoms with Gasteiger partial charge in [-0.05, 0) is 55.8 Å². The number of rotatable bonds is 8. The van der Waals surface area contributed by atoms with Crippen LogP contribution in [0.1, 0.15) is 18.4 Å². The fraction of sp³-hybridized carbons (Fsp3) is 0.632. The van der Waals surface area contributed by atoms with E-state index in [1.165, 1.54) is 18.4 Å². The van der Waals surface area contributed by atoms with Gasteiger partial charge in [0.25, 0.3) is 0 Å². The summed E-state index contributed by atoms with van der Waals surface area (Å²) in [7, 11) is 3.55. The topological polar surface area (TPSA) is 48.9 Å². The maximum absolute atomic E-state index is 5.22. The Morgan fingerprint density at radius 2 is 1.96 bits per heavy atom. The van der Waals surface area contributed by atoms with Crippen LogP contribution < -0.4 is 15.4 Å². The number of aliphatic imine (C=N–C) groups is 1. The molecule has 0 spiro atoms. The van der Waals surface area contributed by atoms with Crippen LogP contribution in [0.5, 0.6) is 5.75 Å². The highest BCUT2D eigenvalue weighted by Crippen LogP contribution is 2.19. The number of nitrogens with zero attached hydrogens (tertiary/aromatic N) is 2. The molecule has 1 fully saturated rings. The molecule has 25 heavy (non-hydrogen) atoms. The van der Waals surface area contributed by atoms with E-state index in [1.54, 1.807) is 7.11 Å². The third-order valence-corrected chi connectivity index (χ3v) is 5.27. The number of guanidine groups is 1. The summed E-state index contributed by atoms with van der Waals surface area (Å²) < 4.78 is 5.22. The third kappa shape index (κ3) is 7.16. The molecule has 0 bridgehead atoms. The second-order valence-corrected chi connectivity index (χ2v) is 7.43. The number of methoxy groups -OCH3 is 1. The van der Waals surface area contributed by atoms with Gasteiger partial charge < -0.3 is 15.4 Å². The van der Waals surface area contributed by atoms with Gasteiger partial charge in [0, 0.05) is 32.4 Å². The molecule has 0 radical (unpaired) electrons. The van der Waals surface area contributed by atoms with Gasteiger partial charge in [-0.25, -0.2) is 0 Å². The molecule has 0 aromatic heterocycles. The van der Waals surface area contributed by atoms with Crippen LogP contribution in [0.25, 0.3) is 0 Å². The smallest absolute Gasteiger partial charge is 0.191 e. The van der Waals surface area contributed by atoms with Crippen molar-refractivity contribution < 1.29 is 4.74 Å². The Hall–Kier alpha value is -1.40. The summed E-state index contributed by atoms with van der Waals surface area (Å²) in [4.78, 5) is 6.84. The zero-order valence-corrected chi connectivity index (χ0v) is 16.6. The molecule has 2 N–H and O–H groups in total. The summed E-state index contributed by atoms with van der Waals surface area (Å²) >= 11 is 1.85. The van der Waals surface area contributed by atoms with Crippen molar-refractivity contribution in [2.24, 2.45) is 10.9 Å². The van der Waals surface area contributed by atoms with Crippen LogP contribution in [0.4, 0.5) is 0 Å². The number of likely N-dealkylation sites (tertiary alicyclic amines) is 1. The Kier molecular flexibility index (Phi) is 8.97. The molecule has 140 valence electrons. The summed E-state index contributed by atoms with van der Waals surface area (Å²) in [5.41, 5.74) is 1.36. The van der Waals surface area contributed by atoms with E-state index in [0.29, 0.717) is 0 Å². The molecular formula is C19H32N4OS. The fourth-order valence-electron chi connectivity index (χ4n) is 3.07. The van der Waals surface area contributed by atoms with E-state index < -0.39 is 0 Å².